The number of likely N-dealkylation sites (tertiary alicyclic amines) is 1. The number of aliphatic carboxylic acids is 1. The molecule has 0 bridgehead atoms. The van der Waals surface area contributed by atoms with Gasteiger partial charge >= 0.3 is 12.1 Å². The second kappa shape index (κ2) is 12.2. The van der Waals surface area contributed by atoms with Gasteiger partial charge in [-0.2, -0.15) is 13.2 Å². The van der Waals surface area contributed by atoms with Crippen LogP contribution in [0.3, 0.4) is 0 Å². The molecule has 14 heteroatoms. The van der Waals surface area contributed by atoms with Crippen molar-refractivity contribution in [2.75, 3.05) is 25.9 Å². The van der Waals surface area contributed by atoms with Gasteiger partial charge in [0.2, 0.25) is 15.9 Å². The summed E-state index contributed by atoms with van der Waals surface area (Å²) in [5, 5.41) is 9.79. The number of carbonyl (C=O) groups is 2. The predicted molar refractivity (Wildman–Crippen MR) is 149 cm³/mol. The summed E-state index contributed by atoms with van der Waals surface area (Å²) in [7, 11) is -2.20. The molecule has 0 saturated carbocycles. The topological polar surface area (TPSA) is 152 Å². The Hall–Kier alpha value is -4.43. The molecule has 222 valence electrons. The molecule has 42 heavy (non-hydrogen) atoms. The fraction of sp³-hybridized carbons (Fsp3) is 0.250. The summed E-state index contributed by atoms with van der Waals surface area (Å²) in [4.78, 5) is 28.1. The molecule has 1 atom stereocenters. The molecule has 0 aliphatic carbocycles. The Morgan fingerprint density at radius 1 is 1.07 bits per heavy atom. The van der Waals surface area contributed by atoms with Crippen LogP contribution >= 0.6 is 0 Å². The highest BCUT2D eigenvalue weighted by Crippen LogP contribution is 2.25. The number of sulfonamides is 1. The third-order valence-electron chi connectivity index (χ3n) is 6.65. The van der Waals surface area contributed by atoms with E-state index in [0.717, 1.165) is 27.2 Å². The van der Waals surface area contributed by atoms with E-state index in [-0.39, 0.29) is 17.3 Å². The van der Waals surface area contributed by atoms with Gasteiger partial charge in [-0.3, -0.25) is 4.79 Å². The van der Waals surface area contributed by atoms with Crippen molar-refractivity contribution in [3.8, 4) is 5.75 Å². The number of benzene rings is 3. The van der Waals surface area contributed by atoms with Crippen LogP contribution < -0.4 is 15.2 Å². The molecule has 0 radical (unpaired) electrons. The zero-order valence-electron chi connectivity index (χ0n) is 22.3. The summed E-state index contributed by atoms with van der Waals surface area (Å²) >= 11 is 0. The van der Waals surface area contributed by atoms with Crippen molar-refractivity contribution in [2.45, 2.75) is 24.0 Å². The van der Waals surface area contributed by atoms with E-state index in [0.29, 0.717) is 31.1 Å². The standard InChI is InChI=1S/C26H26N4O4S.C2HF3O2/c1-34-22-7-4-18-5-8-23(14-21(18)13-22)35(32,33)28-15-20-10-11-30(26(20)31)16-17-2-3-19-6-9-25(27)29-24(19)12-17;3-2(4,5)1(6)7/h2-9,12-14,20,28H,10-11,15-16H2,1H3,(H2,27,29);(H,6,7)/t20-;/m0./s1. The van der Waals surface area contributed by atoms with Crippen molar-refractivity contribution < 1.29 is 41.0 Å². The number of hydrogen-bond acceptors (Lipinski definition) is 7. The van der Waals surface area contributed by atoms with Crippen molar-refractivity contribution >= 4 is 49.4 Å². The van der Waals surface area contributed by atoms with Crippen LogP contribution in [-0.2, 0) is 26.2 Å². The van der Waals surface area contributed by atoms with Gasteiger partial charge in [0.25, 0.3) is 0 Å². The molecular weight excluding hydrogens is 577 g/mol. The lowest BCUT2D eigenvalue weighted by Gasteiger charge is -2.17. The van der Waals surface area contributed by atoms with Gasteiger partial charge in [-0.05, 0) is 65.2 Å². The average Bonchev–Trinajstić information content (AvgIpc) is 3.29. The largest absolute Gasteiger partial charge is 0.497 e. The van der Waals surface area contributed by atoms with Gasteiger partial charge in [0, 0.05) is 25.0 Å². The second-order valence-corrected chi connectivity index (χ2v) is 11.3. The molecule has 0 spiro atoms. The third kappa shape index (κ3) is 7.25. The number of carboxylic acid groups (broad SMARTS) is 1. The van der Waals surface area contributed by atoms with E-state index >= 15 is 0 Å². The van der Waals surface area contributed by atoms with Gasteiger partial charge in [-0.1, -0.05) is 24.3 Å². The van der Waals surface area contributed by atoms with E-state index in [1.807, 2.05) is 36.4 Å². The molecule has 4 N–H and O–H groups in total. The lowest BCUT2D eigenvalue weighted by molar-refractivity contribution is -0.192. The maximum absolute atomic E-state index is 13.0. The minimum Gasteiger partial charge on any atom is -0.497 e. The van der Waals surface area contributed by atoms with Gasteiger partial charge in [0.15, 0.2) is 0 Å². The highest BCUT2D eigenvalue weighted by atomic mass is 32.2. The van der Waals surface area contributed by atoms with E-state index in [9.17, 15) is 26.4 Å². The van der Waals surface area contributed by atoms with Crippen LogP contribution in [-0.4, -0.2) is 61.7 Å². The van der Waals surface area contributed by atoms with E-state index in [1.54, 1.807) is 42.3 Å². The first kappa shape index (κ1) is 30.5. The summed E-state index contributed by atoms with van der Waals surface area (Å²) in [6.07, 6.45) is -4.49. The van der Waals surface area contributed by atoms with Crippen molar-refractivity contribution in [3.63, 3.8) is 0 Å². The number of halogens is 3. The Labute approximate surface area is 238 Å². The van der Waals surface area contributed by atoms with E-state index in [1.165, 1.54) is 0 Å². The lowest BCUT2D eigenvalue weighted by atomic mass is 10.1. The summed E-state index contributed by atoms with van der Waals surface area (Å²) in [6, 6.07) is 20.0. The van der Waals surface area contributed by atoms with Crippen LogP contribution in [0.2, 0.25) is 0 Å². The molecule has 1 amide bonds. The first-order valence-electron chi connectivity index (χ1n) is 12.6. The molecule has 0 unspecified atom stereocenters. The highest BCUT2D eigenvalue weighted by Gasteiger charge is 2.38. The summed E-state index contributed by atoms with van der Waals surface area (Å²) in [5.74, 6) is -2.12. The minimum atomic E-state index is -5.08. The number of methoxy groups -OCH3 is 1. The molecule has 1 aromatic heterocycles. The SMILES string of the molecule is COc1ccc2ccc(S(=O)(=O)NC[C@@H]3CCN(Cc4ccc5ccc(N)nc5c4)C3=O)cc2c1.O=C(O)C(F)(F)F. The fourth-order valence-corrected chi connectivity index (χ4v) is 5.55. The number of hydrogen-bond donors (Lipinski definition) is 3. The number of fused-ring (bicyclic) bond motifs is 2. The maximum atomic E-state index is 13.0. The van der Waals surface area contributed by atoms with Crippen molar-refractivity contribution in [1.82, 2.24) is 14.6 Å². The Morgan fingerprint density at radius 3 is 2.43 bits per heavy atom. The van der Waals surface area contributed by atoms with Crippen LogP contribution in [0.1, 0.15) is 12.0 Å². The zero-order valence-corrected chi connectivity index (χ0v) is 23.1. The molecule has 10 nitrogen and oxygen atoms in total. The van der Waals surface area contributed by atoms with E-state index in [4.69, 9.17) is 20.4 Å². The smallest absolute Gasteiger partial charge is 0.490 e. The summed E-state index contributed by atoms with van der Waals surface area (Å²) in [6.45, 7) is 1.08. The number of carbonyl (C=O) groups excluding carboxylic acids is 1. The van der Waals surface area contributed by atoms with Gasteiger partial charge in [0.05, 0.1) is 23.4 Å². The van der Waals surface area contributed by atoms with Gasteiger partial charge in [-0.15, -0.1) is 0 Å². The number of ether oxygens (including phenoxy) is 1. The average molecular weight is 605 g/mol. The van der Waals surface area contributed by atoms with Crippen molar-refractivity contribution in [1.29, 1.82) is 0 Å². The Morgan fingerprint density at radius 2 is 1.74 bits per heavy atom. The van der Waals surface area contributed by atoms with E-state index in [2.05, 4.69) is 9.71 Å². The van der Waals surface area contributed by atoms with E-state index < -0.39 is 28.1 Å². The second-order valence-electron chi connectivity index (χ2n) is 9.54. The predicted octanol–water partition coefficient (Wildman–Crippen LogP) is 3.94. The normalized spacial score (nSPS) is 15.5. The molecule has 1 saturated heterocycles. The number of carboxylic acids is 1. The van der Waals surface area contributed by atoms with Crippen molar-refractivity contribution in [3.05, 3.63) is 72.3 Å². The van der Waals surface area contributed by atoms with Crippen LogP contribution in [0.15, 0.2) is 71.6 Å². The number of nitrogen functional groups attached to an aromatic ring is 1. The number of rotatable bonds is 7. The number of pyridine rings is 1. The Bertz CT molecular complexity index is 1750. The molecule has 3 aromatic carbocycles. The molecule has 5 rings (SSSR count). The number of amides is 1. The third-order valence-corrected chi connectivity index (χ3v) is 8.07. The molecular formula is C28H27F3N4O6S. The Balaban J connectivity index is 0.000000517. The highest BCUT2D eigenvalue weighted by molar-refractivity contribution is 7.89. The molecule has 4 aromatic rings. The van der Waals surface area contributed by atoms with Gasteiger partial charge in [-0.25, -0.2) is 22.9 Å². The number of anilines is 1. The fourth-order valence-electron chi connectivity index (χ4n) is 4.44. The lowest BCUT2D eigenvalue weighted by Crippen LogP contribution is -2.34. The first-order chi connectivity index (χ1) is 19.8. The Kier molecular flexibility index (Phi) is 8.87. The summed E-state index contributed by atoms with van der Waals surface area (Å²) < 4.78 is 65.5. The minimum absolute atomic E-state index is 0.0587. The number of nitrogens with two attached hydrogens (primary N) is 1. The van der Waals surface area contributed by atoms with Crippen LogP contribution in [0, 0.1) is 5.92 Å². The van der Waals surface area contributed by atoms with Gasteiger partial charge in [0.1, 0.15) is 11.6 Å². The van der Waals surface area contributed by atoms with Gasteiger partial charge < -0.3 is 20.5 Å². The number of aromatic nitrogens is 1. The summed E-state index contributed by atoms with van der Waals surface area (Å²) in [5.41, 5.74) is 7.53. The van der Waals surface area contributed by atoms with Crippen molar-refractivity contribution in [2.24, 2.45) is 5.92 Å². The van der Waals surface area contributed by atoms with Crippen LogP contribution in [0.5, 0.6) is 5.75 Å². The maximum Gasteiger partial charge on any atom is 0.490 e. The zero-order chi connectivity index (χ0) is 30.7. The number of nitrogens with zero attached hydrogens (tertiary/aromatic N) is 2. The van der Waals surface area contributed by atoms with Crippen LogP contribution in [0.4, 0.5) is 19.0 Å². The molecule has 1 aliphatic heterocycles. The molecule has 1 fully saturated rings. The number of nitrogens with one attached hydrogen (secondary N) is 1. The quantitative estimate of drug-likeness (QED) is 0.287. The number of alkyl halides is 3. The molecule has 2 heterocycles. The molecule has 1 aliphatic rings. The van der Waals surface area contributed by atoms with Crippen LogP contribution in [0.25, 0.3) is 21.7 Å². The first-order valence-corrected chi connectivity index (χ1v) is 14.1. The monoisotopic (exact) mass is 604 g/mol.